The second-order valence-electron chi connectivity index (χ2n) is 5.22. The summed E-state index contributed by atoms with van der Waals surface area (Å²) >= 11 is 1.48. The number of piperidine rings is 1. The number of nitrogens with zero attached hydrogens (tertiary/aromatic N) is 1. The van der Waals surface area contributed by atoms with Crippen molar-refractivity contribution in [2.24, 2.45) is 5.92 Å². The highest BCUT2D eigenvalue weighted by Gasteiger charge is 2.25. The average Bonchev–Trinajstić information content (AvgIpc) is 2.64. The Morgan fingerprint density at radius 3 is 2.89 bits per heavy atom. The minimum Gasteiger partial charge on any atom is -0.315 e. The maximum absolute atomic E-state index is 12.2. The van der Waals surface area contributed by atoms with Gasteiger partial charge in [0.15, 0.2) is 0 Å². The Bertz CT molecular complexity index is 530. The third kappa shape index (κ3) is 2.96. The number of nitrogens with one attached hydrogen (secondary N) is 2. The molecule has 1 aliphatic rings. The zero-order chi connectivity index (χ0) is 14.0. The lowest BCUT2D eigenvalue weighted by molar-refractivity contribution is -0.118. The van der Waals surface area contributed by atoms with Crippen molar-refractivity contribution in [1.82, 2.24) is 5.32 Å². The van der Waals surface area contributed by atoms with E-state index in [1.807, 2.05) is 13.8 Å². The summed E-state index contributed by atoms with van der Waals surface area (Å²) in [5.41, 5.74) is 1.56. The molecule has 102 valence electrons. The standard InChI is InChI=1S/C14H19N3OS/c1-8-4-5-16-12(6-8)13(18)17-14-11(7-15)9(2)10(3)19-14/h8,12,16H,4-6H2,1-3H3,(H,17,18). The first-order chi connectivity index (χ1) is 9.02. The lowest BCUT2D eigenvalue weighted by Gasteiger charge is -2.27. The van der Waals surface area contributed by atoms with E-state index in [9.17, 15) is 4.79 Å². The maximum Gasteiger partial charge on any atom is 0.242 e. The van der Waals surface area contributed by atoms with E-state index in [0.717, 1.165) is 29.8 Å². The minimum absolute atomic E-state index is 0.0238. The fourth-order valence-corrected chi connectivity index (χ4v) is 3.37. The summed E-state index contributed by atoms with van der Waals surface area (Å²) < 4.78 is 0. The molecule has 0 spiro atoms. The molecule has 1 saturated heterocycles. The molecule has 1 aromatic heterocycles. The SMILES string of the molecule is Cc1sc(NC(=O)C2CC(C)CCN2)c(C#N)c1C. The third-order valence-electron chi connectivity index (χ3n) is 3.72. The van der Waals surface area contributed by atoms with Crippen molar-refractivity contribution < 1.29 is 4.79 Å². The van der Waals surface area contributed by atoms with Gasteiger partial charge in [0, 0.05) is 4.88 Å². The van der Waals surface area contributed by atoms with E-state index in [4.69, 9.17) is 5.26 Å². The van der Waals surface area contributed by atoms with E-state index in [0.29, 0.717) is 16.5 Å². The van der Waals surface area contributed by atoms with Crippen LogP contribution in [-0.4, -0.2) is 18.5 Å². The molecule has 2 atom stereocenters. The average molecular weight is 277 g/mol. The number of rotatable bonds is 2. The minimum atomic E-state index is -0.141. The Hall–Kier alpha value is -1.38. The maximum atomic E-state index is 12.2. The first kappa shape index (κ1) is 14.0. The van der Waals surface area contributed by atoms with Crippen molar-refractivity contribution in [3.63, 3.8) is 0 Å². The van der Waals surface area contributed by atoms with E-state index >= 15 is 0 Å². The number of nitriles is 1. The highest BCUT2D eigenvalue weighted by atomic mass is 32.1. The summed E-state index contributed by atoms with van der Waals surface area (Å²) in [5, 5.41) is 16.0. The Morgan fingerprint density at radius 2 is 2.26 bits per heavy atom. The number of hydrogen-bond donors (Lipinski definition) is 2. The smallest absolute Gasteiger partial charge is 0.242 e. The van der Waals surface area contributed by atoms with Gasteiger partial charge in [-0.2, -0.15) is 5.26 Å². The van der Waals surface area contributed by atoms with Crippen LogP contribution in [0.5, 0.6) is 0 Å². The van der Waals surface area contributed by atoms with Crippen LogP contribution in [0.3, 0.4) is 0 Å². The zero-order valence-corrected chi connectivity index (χ0v) is 12.4. The number of hydrogen-bond acceptors (Lipinski definition) is 4. The highest BCUT2D eigenvalue weighted by Crippen LogP contribution is 2.32. The van der Waals surface area contributed by atoms with Crippen LogP contribution >= 0.6 is 11.3 Å². The molecule has 5 heteroatoms. The molecule has 2 N–H and O–H groups in total. The molecular formula is C14H19N3OS. The topological polar surface area (TPSA) is 64.9 Å². The molecule has 2 unspecified atom stereocenters. The summed E-state index contributed by atoms with van der Waals surface area (Å²) in [5.74, 6) is 0.545. The summed E-state index contributed by atoms with van der Waals surface area (Å²) in [6.45, 7) is 6.94. The van der Waals surface area contributed by atoms with E-state index in [2.05, 4.69) is 23.6 Å². The summed E-state index contributed by atoms with van der Waals surface area (Å²) in [7, 11) is 0. The van der Waals surface area contributed by atoms with Crippen molar-refractivity contribution in [2.45, 2.75) is 39.7 Å². The molecule has 1 amide bonds. The predicted octanol–water partition coefficient (Wildman–Crippen LogP) is 2.56. The molecule has 2 heterocycles. The van der Waals surface area contributed by atoms with Crippen LogP contribution in [0, 0.1) is 31.1 Å². The van der Waals surface area contributed by atoms with Crippen LogP contribution in [0.15, 0.2) is 0 Å². The van der Waals surface area contributed by atoms with Crippen molar-refractivity contribution >= 4 is 22.2 Å². The Kier molecular flexibility index (Phi) is 4.23. The van der Waals surface area contributed by atoms with Crippen LogP contribution in [-0.2, 0) is 4.79 Å². The molecule has 1 aliphatic heterocycles. The molecule has 0 bridgehead atoms. The Labute approximate surface area is 117 Å². The van der Waals surface area contributed by atoms with Gasteiger partial charge >= 0.3 is 0 Å². The quantitative estimate of drug-likeness (QED) is 0.873. The van der Waals surface area contributed by atoms with Crippen LogP contribution < -0.4 is 10.6 Å². The second kappa shape index (κ2) is 5.72. The molecule has 1 aromatic rings. The van der Waals surface area contributed by atoms with E-state index < -0.39 is 0 Å². The van der Waals surface area contributed by atoms with Crippen molar-refractivity contribution in [2.75, 3.05) is 11.9 Å². The first-order valence-electron chi connectivity index (χ1n) is 6.57. The van der Waals surface area contributed by atoms with E-state index in [1.54, 1.807) is 0 Å². The van der Waals surface area contributed by atoms with E-state index in [1.165, 1.54) is 11.3 Å². The summed E-state index contributed by atoms with van der Waals surface area (Å²) in [4.78, 5) is 13.3. The fourth-order valence-electron chi connectivity index (χ4n) is 2.36. The van der Waals surface area contributed by atoms with Gasteiger partial charge in [-0.1, -0.05) is 6.92 Å². The number of carbonyl (C=O) groups excluding carboxylic acids is 1. The zero-order valence-electron chi connectivity index (χ0n) is 11.5. The normalized spacial score (nSPS) is 22.8. The molecule has 2 rings (SSSR count). The predicted molar refractivity (Wildman–Crippen MR) is 77.3 cm³/mol. The van der Waals surface area contributed by atoms with Crippen molar-refractivity contribution in [3.05, 3.63) is 16.0 Å². The molecule has 19 heavy (non-hydrogen) atoms. The van der Waals surface area contributed by atoms with Crippen LogP contribution in [0.4, 0.5) is 5.00 Å². The van der Waals surface area contributed by atoms with Gasteiger partial charge < -0.3 is 10.6 Å². The van der Waals surface area contributed by atoms with Gasteiger partial charge in [-0.15, -0.1) is 11.3 Å². The van der Waals surface area contributed by atoms with Crippen LogP contribution in [0.2, 0.25) is 0 Å². The first-order valence-corrected chi connectivity index (χ1v) is 7.39. The number of carbonyl (C=O) groups is 1. The molecule has 0 radical (unpaired) electrons. The van der Waals surface area contributed by atoms with Gasteiger partial charge in [-0.3, -0.25) is 4.79 Å². The molecule has 4 nitrogen and oxygen atoms in total. The largest absolute Gasteiger partial charge is 0.315 e. The third-order valence-corrected chi connectivity index (χ3v) is 4.84. The lowest BCUT2D eigenvalue weighted by Crippen LogP contribution is -2.45. The van der Waals surface area contributed by atoms with Gasteiger partial charge in [0.2, 0.25) is 5.91 Å². The van der Waals surface area contributed by atoms with Crippen molar-refractivity contribution in [1.29, 1.82) is 5.26 Å². The lowest BCUT2D eigenvalue weighted by atomic mass is 9.94. The molecule has 0 saturated carbocycles. The molecule has 1 fully saturated rings. The van der Waals surface area contributed by atoms with E-state index in [-0.39, 0.29) is 11.9 Å². The number of aryl methyl sites for hydroxylation is 1. The Balaban J connectivity index is 2.11. The summed E-state index contributed by atoms with van der Waals surface area (Å²) in [6, 6.07) is 2.04. The number of amides is 1. The van der Waals surface area contributed by atoms with Crippen molar-refractivity contribution in [3.8, 4) is 6.07 Å². The number of anilines is 1. The molecule has 0 aromatic carbocycles. The second-order valence-corrected chi connectivity index (χ2v) is 6.45. The van der Waals surface area contributed by atoms with Crippen LogP contribution in [0.1, 0.15) is 35.8 Å². The monoisotopic (exact) mass is 277 g/mol. The fraction of sp³-hybridized carbons (Fsp3) is 0.571. The van der Waals surface area contributed by atoms with Gasteiger partial charge in [-0.05, 0) is 44.7 Å². The summed E-state index contributed by atoms with van der Waals surface area (Å²) in [6.07, 6.45) is 1.97. The Morgan fingerprint density at radius 1 is 1.53 bits per heavy atom. The molecular weight excluding hydrogens is 258 g/mol. The van der Waals surface area contributed by atoms with Gasteiger partial charge in [0.05, 0.1) is 11.6 Å². The van der Waals surface area contributed by atoms with Gasteiger partial charge in [0.1, 0.15) is 11.1 Å². The number of thiophene rings is 1. The highest BCUT2D eigenvalue weighted by molar-refractivity contribution is 7.16. The molecule has 0 aliphatic carbocycles. The van der Waals surface area contributed by atoms with Gasteiger partial charge in [0.25, 0.3) is 0 Å². The van der Waals surface area contributed by atoms with Gasteiger partial charge in [-0.25, -0.2) is 0 Å². The van der Waals surface area contributed by atoms with Crippen LogP contribution in [0.25, 0.3) is 0 Å².